The number of benzene rings is 1. The summed E-state index contributed by atoms with van der Waals surface area (Å²) < 4.78 is 33.0. The van der Waals surface area contributed by atoms with Gasteiger partial charge in [0.05, 0.1) is 10.9 Å². The minimum atomic E-state index is -3.31. The summed E-state index contributed by atoms with van der Waals surface area (Å²) >= 11 is 0. The molecule has 3 atom stereocenters. The molecule has 1 fully saturated rings. The molecule has 1 N–H and O–H groups in total. The van der Waals surface area contributed by atoms with E-state index < -0.39 is 10.0 Å². The Kier molecular flexibility index (Phi) is 4.29. The number of hydrogen-bond acceptors (Lipinski definition) is 4. The van der Waals surface area contributed by atoms with Crippen LogP contribution in [0.4, 0.5) is 0 Å². The maximum atomic E-state index is 12.5. The van der Waals surface area contributed by atoms with Gasteiger partial charge in [0, 0.05) is 17.5 Å². The summed E-state index contributed by atoms with van der Waals surface area (Å²) in [6.07, 6.45) is 1.28. The molecule has 6 heteroatoms. The molecule has 3 rings (SSSR count). The van der Waals surface area contributed by atoms with E-state index in [-0.39, 0.29) is 17.2 Å². The standard InChI is InChI=1S/C17H22N2O3S/c1-11(9-15-12(2)18-22-13(15)3)19-23(20,21)17-10-16(17)14-7-5-4-6-8-14/h4-8,11,16-17,19H,9-10H2,1-3H3/t11?,16-,17+/m0/s1. The maximum Gasteiger partial charge on any atom is 0.215 e. The quantitative estimate of drug-likeness (QED) is 0.881. The van der Waals surface area contributed by atoms with Crippen LogP contribution in [0, 0.1) is 13.8 Å². The summed E-state index contributed by atoms with van der Waals surface area (Å²) in [5.41, 5.74) is 2.90. The lowest BCUT2D eigenvalue weighted by Gasteiger charge is -2.14. The van der Waals surface area contributed by atoms with Crippen LogP contribution >= 0.6 is 0 Å². The van der Waals surface area contributed by atoms with Crippen molar-refractivity contribution in [1.29, 1.82) is 0 Å². The Balaban J connectivity index is 1.63. The van der Waals surface area contributed by atoms with E-state index in [0.29, 0.717) is 12.8 Å². The SMILES string of the molecule is Cc1noc(C)c1CC(C)NS(=O)(=O)[C@@H]1C[C@H]1c1ccccc1. The first kappa shape index (κ1) is 16.2. The van der Waals surface area contributed by atoms with Crippen LogP contribution in [0.2, 0.25) is 0 Å². The van der Waals surface area contributed by atoms with Gasteiger partial charge in [-0.2, -0.15) is 0 Å². The molecule has 0 spiro atoms. The number of rotatable bonds is 6. The van der Waals surface area contributed by atoms with E-state index in [2.05, 4.69) is 9.88 Å². The van der Waals surface area contributed by atoms with Crippen LogP contribution in [0.3, 0.4) is 0 Å². The molecule has 23 heavy (non-hydrogen) atoms. The summed E-state index contributed by atoms with van der Waals surface area (Å²) in [4.78, 5) is 0. The van der Waals surface area contributed by atoms with Crippen LogP contribution in [-0.2, 0) is 16.4 Å². The van der Waals surface area contributed by atoms with Gasteiger partial charge in [-0.3, -0.25) is 0 Å². The summed E-state index contributed by atoms with van der Waals surface area (Å²) in [7, 11) is -3.31. The fraction of sp³-hybridized carbons (Fsp3) is 0.471. The molecular weight excluding hydrogens is 312 g/mol. The summed E-state index contributed by atoms with van der Waals surface area (Å²) in [6.45, 7) is 5.60. The van der Waals surface area contributed by atoms with E-state index in [1.54, 1.807) is 0 Å². The minimum absolute atomic E-state index is 0.111. The molecule has 0 amide bonds. The zero-order valence-corrected chi connectivity index (χ0v) is 14.4. The van der Waals surface area contributed by atoms with Crippen LogP contribution in [-0.4, -0.2) is 24.9 Å². The lowest BCUT2D eigenvalue weighted by Crippen LogP contribution is -2.37. The van der Waals surface area contributed by atoms with Gasteiger partial charge in [0.2, 0.25) is 10.0 Å². The van der Waals surface area contributed by atoms with E-state index in [1.165, 1.54) is 0 Å². The van der Waals surface area contributed by atoms with Gasteiger partial charge in [-0.1, -0.05) is 35.5 Å². The first-order chi connectivity index (χ1) is 10.9. The first-order valence-electron chi connectivity index (χ1n) is 7.86. The number of nitrogens with zero attached hydrogens (tertiary/aromatic N) is 1. The number of sulfonamides is 1. The van der Waals surface area contributed by atoms with Gasteiger partial charge in [0.1, 0.15) is 5.76 Å². The predicted molar refractivity (Wildman–Crippen MR) is 88.8 cm³/mol. The average Bonchev–Trinajstić information content (AvgIpc) is 3.26. The monoisotopic (exact) mass is 334 g/mol. The van der Waals surface area contributed by atoms with Crippen LogP contribution in [0.1, 0.15) is 41.8 Å². The molecule has 0 radical (unpaired) electrons. The Morgan fingerprint density at radius 1 is 1.30 bits per heavy atom. The van der Waals surface area contributed by atoms with Gasteiger partial charge in [-0.05, 0) is 39.2 Å². The van der Waals surface area contributed by atoms with Crippen LogP contribution < -0.4 is 4.72 Å². The summed E-state index contributed by atoms with van der Waals surface area (Å²) in [5.74, 6) is 0.863. The molecule has 1 unspecified atom stereocenters. The van der Waals surface area contributed by atoms with Gasteiger partial charge in [0.25, 0.3) is 0 Å². The van der Waals surface area contributed by atoms with Crippen molar-refractivity contribution in [3.05, 3.63) is 52.9 Å². The Hall–Kier alpha value is -1.66. The van der Waals surface area contributed by atoms with E-state index in [4.69, 9.17) is 4.52 Å². The smallest absolute Gasteiger partial charge is 0.215 e. The second-order valence-electron chi connectivity index (χ2n) is 6.36. The van der Waals surface area contributed by atoms with Crippen molar-refractivity contribution in [1.82, 2.24) is 9.88 Å². The molecule has 1 aliphatic carbocycles. The van der Waals surface area contributed by atoms with Crippen LogP contribution in [0.15, 0.2) is 34.9 Å². The highest BCUT2D eigenvalue weighted by Gasteiger charge is 2.48. The number of aryl methyl sites for hydroxylation is 2. The lowest BCUT2D eigenvalue weighted by molar-refractivity contribution is 0.392. The fourth-order valence-electron chi connectivity index (χ4n) is 3.07. The molecule has 1 aromatic heterocycles. The predicted octanol–water partition coefficient (Wildman–Crippen LogP) is 2.70. The average molecular weight is 334 g/mol. The zero-order valence-electron chi connectivity index (χ0n) is 13.6. The molecule has 5 nitrogen and oxygen atoms in total. The highest BCUT2D eigenvalue weighted by atomic mass is 32.2. The van der Waals surface area contributed by atoms with Crippen molar-refractivity contribution < 1.29 is 12.9 Å². The Morgan fingerprint density at radius 2 is 2.00 bits per heavy atom. The fourth-order valence-corrected chi connectivity index (χ4v) is 4.94. The van der Waals surface area contributed by atoms with Gasteiger partial charge < -0.3 is 4.52 Å². The molecule has 1 aliphatic rings. The number of aromatic nitrogens is 1. The second kappa shape index (κ2) is 6.09. The third-order valence-electron chi connectivity index (χ3n) is 4.42. The Bertz CT molecular complexity index is 764. The summed E-state index contributed by atoms with van der Waals surface area (Å²) in [6, 6.07) is 9.64. The topological polar surface area (TPSA) is 72.2 Å². The Labute approximate surface area is 137 Å². The molecular formula is C17H22N2O3S. The van der Waals surface area contributed by atoms with Gasteiger partial charge in [0.15, 0.2) is 0 Å². The van der Waals surface area contributed by atoms with Crippen molar-refractivity contribution in [3.63, 3.8) is 0 Å². The van der Waals surface area contributed by atoms with Gasteiger partial charge >= 0.3 is 0 Å². The maximum absolute atomic E-state index is 12.5. The van der Waals surface area contributed by atoms with Crippen LogP contribution in [0.5, 0.6) is 0 Å². The molecule has 0 aliphatic heterocycles. The van der Waals surface area contributed by atoms with E-state index >= 15 is 0 Å². The highest BCUT2D eigenvalue weighted by molar-refractivity contribution is 7.90. The first-order valence-corrected chi connectivity index (χ1v) is 9.41. The molecule has 1 saturated carbocycles. The third-order valence-corrected chi connectivity index (χ3v) is 6.46. The van der Waals surface area contributed by atoms with Crippen molar-refractivity contribution in [3.8, 4) is 0 Å². The van der Waals surface area contributed by atoms with E-state index in [1.807, 2.05) is 51.1 Å². The van der Waals surface area contributed by atoms with E-state index in [9.17, 15) is 8.42 Å². The normalized spacial score (nSPS) is 22.0. The van der Waals surface area contributed by atoms with Crippen LogP contribution in [0.25, 0.3) is 0 Å². The van der Waals surface area contributed by atoms with Gasteiger partial charge in [-0.25, -0.2) is 13.1 Å². The minimum Gasteiger partial charge on any atom is -0.361 e. The molecule has 1 heterocycles. The largest absolute Gasteiger partial charge is 0.361 e. The Morgan fingerprint density at radius 3 is 2.61 bits per heavy atom. The second-order valence-corrected chi connectivity index (χ2v) is 8.29. The van der Waals surface area contributed by atoms with Crippen molar-refractivity contribution in [2.75, 3.05) is 0 Å². The van der Waals surface area contributed by atoms with E-state index in [0.717, 1.165) is 22.6 Å². The molecule has 0 bridgehead atoms. The number of hydrogen-bond donors (Lipinski definition) is 1. The molecule has 124 valence electrons. The summed E-state index contributed by atoms with van der Waals surface area (Å²) in [5, 5.41) is 3.59. The lowest BCUT2D eigenvalue weighted by atomic mass is 10.1. The van der Waals surface area contributed by atoms with Crippen molar-refractivity contribution >= 4 is 10.0 Å². The molecule has 2 aromatic rings. The highest BCUT2D eigenvalue weighted by Crippen LogP contribution is 2.45. The van der Waals surface area contributed by atoms with Gasteiger partial charge in [-0.15, -0.1) is 0 Å². The number of nitrogens with one attached hydrogen (secondary N) is 1. The molecule has 1 aromatic carbocycles. The molecule has 0 saturated heterocycles. The van der Waals surface area contributed by atoms with Crippen molar-refractivity contribution in [2.24, 2.45) is 0 Å². The zero-order chi connectivity index (χ0) is 16.6. The third kappa shape index (κ3) is 3.48. The van der Waals surface area contributed by atoms with Crippen molar-refractivity contribution in [2.45, 2.75) is 50.8 Å².